The standard InChI is InChI=1S/C11H7Cl2F2N3O/c1-19-10-5-16-7(4-17-10)11(14,15)6-2-8(12)18-9(13)3-6/h2-5H,1H3. The van der Waals surface area contributed by atoms with Crippen LogP contribution in [0.5, 0.6) is 5.88 Å². The molecule has 0 unspecified atom stereocenters. The van der Waals surface area contributed by atoms with Crippen molar-refractivity contribution >= 4 is 23.2 Å². The van der Waals surface area contributed by atoms with Crippen LogP contribution in [0.25, 0.3) is 0 Å². The highest BCUT2D eigenvalue weighted by Gasteiger charge is 2.37. The van der Waals surface area contributed by atoms with Gasteiger partial charge in [0, 0.05) is 5.56 Å². The molecule has 0 N–H and O–H groups in total. The van der Waals surface area contributed by atoms with Crippen LogP contribution in [0, 0.1) is 0 Å². The minimum absolute atomic E-state index is 0.122. The van der Waals surface area contributed by atoms with Crippen molar-refractivity contribution in [2.45, 2.75) is 5.92 Å². The van der Waals surface area contributed by atoms with Gasteiger partial charge in [-0.05, 0) is 12.1 Å². The number of alkyl halides is 2. The largest absolute Gasteiger partial charge is 0.480 e. The molecule has 8 heteroatoms. The molecule has 2 aromatic heterocycles. The van der Waals surface area contributed by atoms with E-state index in [-0.39, 0.29) is 16.2 Å². The molecule has 0 saturated heterocycles. The lowest BCUT2D eigenvalue weighted by molar-refractivity contribution is 0.0373. The molecule has 0 atom stereocenters. The van der Waals surface area contributed by atoms with Crippen LogP contribution in [0.3, 0.4) is 0 Å². The number of rotatable bonds is 3. The van der Waals surface area contributed by atoms with E-state index < -0.39 is 17.2 Å². The Bertz CT molecular complexity index is 573. The Morgan fingerprint density at radius 3 is 2.21 bits per heavy atom. The Hall–Kier alpha value is -1.53. The van der Waals surface area contributed by atoms with Gasteiger partial charge >= 0.3 is 5.92 Å². The van der Waals surface area contributed by atoms with Gasteiger partial charge in [-0.3, -0.25) is 0 Å². The molecule has 0 aliphatic rings. The zero-order valence-corrected chi connectivity index (χ0v) is 11.1. The molecule has 0 spiro atoms. The molecular formula is C11H7Cl2F2N3O. The van der Waals surface area contributed by atoms with Gasteiger partial charge in [0.25, 0.3) is 0 Å². The van der Waals surface area contributed by atoms with Crippen molar-refractivity contribution in [1.29, 1.82) is 0 Å². The van der Waals surface area contributed by atoms with Gasteiger partial charge in [0.15, 0.2) is 0 Å². The van der Waals surface area contributed by atoms with Crippen molar-refractivity contribution in [3.05, 3.63) is 46.1 Å². The van der Waals surface area contributed by atoms with Crippen molar-refractivity contribution in [3.8, 4) is 5.88 Å². The van der Waals surface area contributed by atoms with Gasteiger partial charge in [-0.1, -0.05) is 23.2 Å². The molecule has 19 heavy (non-hydrogen) atoms. The van der Waals surface area contributed by atoms with E-state index in [1.165, 1.54) is 7.11 Å². The first-order valence-electron chi connectivity index (χ1n) is 5.01. The van der Waals surface area contributed by atoms with Crippen LogP contribution < -0.4 is 4.74 Å². The number of methoxy groups -OCH3 is 1. The first-order chi connectivity index (χ1) is 8.93. The minimum atomic E-state index is -3.38. The van der Waals surface area contributed by atoms with E-state index in [9.17, 15) is 8.78 Å². The van der Waals surface area contributed by atoms with Crippen molar-refractivity contribution in [1.82, 2.24) is 15.0 Å². The summed E-state index contributed by atoms with van der Waals surface area (Å²) in [6.45, 7) is 0. The van der Waals surface area contributed by atoms with E-state index in [1.54, 1.807) is 0 Å². The fraction of sp³-hybridized carbons (Fsp3) is 0.182. The summed E-state index contributed by atoms with van der Waals surface area (Å²) in [5.74, 6) is -3.24. The third-order valence-corrected chi connectivity index (χ3v) is 2.67. The van der Waals surface area contributed by atoms with Crippen LogP contribution in [0.15, 0.2) is 24.5 Å². The molecule has 0 bridgehead atoms. The SMILES string of the molecule is COc1cnc(C(F)(F)c2cc(Cl)nc(Cl)c2)cn1. The lowest BCUT2D eigenvalue weighted by Gasteiger charge is -2.16. The number of hydrogen-bond acceptors (Lipinski definition) is 4. The molecular weight excluding hydrogens is 299 g/mol. The summed E-state index contributed by atoms with van der Waals surface area (Å²) < 4.78 is 33.1. The second-order valence-electron chi connectivity index (χ2n) is 3.52. The number of hydrogen-bond donors (Lipinski definition) is 0. The van der Waals surface area contributed by atoms with Crippen LogP contribution in [0.1, 0.15) is 11.3 Å². The highest BCUT2D eigenvalue weighted by atomic mass is 35.5. The summed E-state index contributed by atoms with van der Waals surface area (Å²) >= 11 is 11.2. The van der Waals surface area contributed by atoms with Crippen LogP contribution in [-0.4, -0.2) is 22.1 Å². The quantitative estimate of drug-likeness (QED) is 0.816. The van der Waals surface area contributed by atoms with Gasteiger partial charge in [0.05, 0.1) is 19.5 Å². The molecule has 2 aromatic rings. The minimum Gasteiger partial charge on any atom is -0.480 e. The second kappa shape index (κ2) is 5.22. The molecule has 0 radical (unpaired) electrons. The maximum Gasteiger partial charge on any atom is 0.316 e. The Labute approximate surface area is 117 Å². The zero-order valence-electron chi connectivity index (χ0n) is 9.57. The summed E-state index contributed by atoms with van der Waals surface area (Å²) in [5, 5.41) is -0.243. The van der Waals surface area contributed by atoms with Crippen LogP contribution in [-0.2, 0) is 5.92 Å². The number of halogens is 4. The number of ether oxygens (including phenoxy) is 1. The predicted octanol–water partition coefficient (Wildman–Crippen LogP) is 3.33. The lowest BCUT2D eigenvalue weighted by Crippen LogP contribution is -2.17. The van der Waals surface area contributed by atoms with E-state index in [4.69, 9.17) is 27.9 Å². The molecule has 0 saturated carbocycles. The van der Waals surface area contributed by atoms with Gasteiger partial charge in [-0.2, -0.15) is 8.78 Å². The van der Waals surface area contributed by atoms with Gasteiger partial charge in [-0.15, -0.1) is 0 Å². The Kier molecular flexibility index (Phi) is 3.82. The van der Waals surface area contributed by atoms with Gasteiger partial charge in [0.2, 0.25) is 5.88 Å². The third-order valence-electron chi connectivity index (χ3n) is 2.28. The van der Waals surface area contributed by atoms with Crippen LogP contribution in [0.2, 0.25) is 10.3 Å². The summed E-state index contributed by atoms with van der Waals surface area (Å²) in [7, 11) is 1.37. The summed E-state index contributed by atoms with van der Waals surface area (Å²) in [5.41, 5.74) is -0.941. The maximum atomic E-state index is 14.2. The number of aromatic nitrogens is 3. The van der Waals surface area contributed by atoms with E-state index in [0.717, 1.165) is 24.5 Å². The molecule has 0 aliphatic carbocycles. The summed E-state index contributed by atoms with van der Waals surface area (Å²) in [6.07, 6.45) is 2.04. The predicted molar refractivity (Wildman–Crippen MR) is 65.8 cm³/mol. The number of pyridine rings is 1. The Balaban J connectivity index is 2.44. The molecule has 0 aliphatic heterocycles. The summed E-state index contributed by atoms with van der Waals surface area (Å²) in [4.78, 5) is 10.9. The molecule has 2 heterocycles. The number of nitrogens with zero attached hydrogens (tertiary/aromatic N) is 3. The van der Waals surface area contributed by atoms with Crippen molar-refractivity contribution in [2.24, 2.45) is 0 Å². The Morgan fingerprint density at radius 1 is 1.11 bits per heavy atom. The first kappa shape index (κ1) is 13.9. The van der Waals surface area contributed by atoms with E-state index in [1.807, 2.05) is 0 Å². The van der Waals surface area contributed by atoms with Gasteiger partial charge in [0.1, 0.15) is 16.0 Å². The average molecular weight is 306 g/mol. The Morgan fingerprint density at radius 2 is 1.74 bits per heavy atom. The van der Waals surface area contributed by atoms with Gasteiger partial charge < -0.3 is 4.74 Å². The molecule has 2 rings (SSSR count). The maximum absolute atomic E-state index is 14.2. The van der Waals surface area contributed by atoms with Crippen molar-refractivity contribution in [3.63, 3.8) is 0 Å². The first-order valence-corrected chi connectivity index (χ1v) is 5.77. The average Bonchev–Trinajstić information content (AvgIpc) is 2.37. The van der Waals surface area contributed by atoms with Crippen molar-refractivity contribution < 1.29 is 13.5 Å². The fourth-order valence-electron chi connectivity index (χ4n) is 1.38. The molecule has 0 fully saturated rings. The lowest BCUT2D eigenvalue weighted by atomic mass is 10.1. The van der Waals surface area contributed by atoms with Gasteiger partial charge in [-0.25, -0.2) is 15.0 Å². The van der Waals surface area contributed by atoms with E-state index in [2.05, 4.69) is 15.0 Å². The third kappa shape index (κ3) is 2.90. The van der Waals surface area contributed by atoms with E-state index >= 15 is 0 Å². The highest BCUT2D eigenvalue weighted by Crippen LogP contribution is 2.36. The van der Waals surface area contributed by atoms with Crippen molar-refractivity contribution in [2.75, 3.05) is 7.11 Å². The smallest absolute Gasteiger partial charge is 0.316 e. The van der Waals surface area contributed by atoms with Crippen LogP contribution in [0.4, 0.5) is 8.78 Å². The highest BCUT2D eigenvalue weighted by molar-refractivity contribution is 6.32. The molecule has 0 aromatic carbocycles. The monoisotopic (exact) mass is 305 g/mol. The second-order valence-corrected chi connectivity index (χ2v) is 4.29. The normalized spacial score (nSPS) is 11.4. The molecule has 100 valence electrons. The zero-order chi connectivity index (χ0) is 14.0. The fourth-order valence-corrected chi connectivity index (χ4v) is 1.84. The van der Waals surface area contributed by atoms with E-state index in [0.29, 0.717) is 0 Å². The molecule has 4 nitrogen and oxygen atoms in total. The topological polar surface area (TPSA) is 47.9 Å². The summed E-state index contributed by atoms with van der Waals surface area (Å²) in [6, 6.07) is 2.05. The van der Waals surface area contributed by atoms with Crippen LogP contribution >= 0.6 is 23.2 Å². The molecule has 0 amide bonds.